The number of hydrogen-bond acceptors (Lipinski definition) is 3. The molecule has 3 nitrogen and oxygen atoms in total. The summed E-state index contributed by atoms with van der Waals surface area (Å²) in [5.41, 5.74) is 3.47. The molecule has 0 spiro atoms. The summed E-state index contributed by atoms with van der Waals surface area (Å²) in [6, 6.07) is 6.71. The van der Waals surface area contributed by atoms with Crippen molar-refractivity contribution in [2.45, 2.75) is 45.4 Å². The molecule has 1 aromatic rings. The summed E-state index contributed by atoms with van der Waals surface area (Å²) in [6.07, 6.45) is 5.31. The summed E-state index contributed by atoms with van der Waals surface area (Å²) in [7, 11) is 1.76. The highest BCUT2D eigenvalue weighted by atomic mass is 16.5. The normalized spacial score (nSPS) is 22.6. The third-order valence-corrected chi connectivity index (χ3v) is 5.47. The van der Waals surface area contributed by atoms with Crippen LogP contribution >= 0.6 is 0 Å². The minimum Gasteiger partial charge on any atom is -0.497 e. The van der Waals surface area contributed by atoms with Gasteiger partial charge in [-0.1, -0.05) is 19.9 Å². The van der Waals surface area contributed by atoms with Gasteiger partial charge in [0.1, 0.15) is 5.75 Å². The van der Waals surface area contributed by atoms with Crippen molar-refractivity contribution in [2.75, 3.05) is 38.2 Å². The quantitative estimate of drug-likeness (QED) is 0.919. The average molecular weight is 302 g/mol. The zero-order valence-corrected chi connectivity index (χ0v) is 14.3. The van der Waals surface area contributed by atoms with Gasteiger partial charge in [-0.15, -0.1) is 0 Å². The van der Waals surface area contributed by atoms with Crippen LogP contribution in [0.2, 0.25) is 0 Å². The van der Waals surface area contributed by atoms with E-state index in [4.69, 9.17) is 4.74 Å². The van der Waals surface area contributed by atoms with Crippen molar-refractivity contribution in [1.29, 1.82) is 0 Å². The largest absolute Gasteiger partial charge is 0.497 e. The second kappa shape index (κ2) is 6.49. The highest BCUT2D eigenvalue weighted by Crippen LogP contribution is 2.45. The Morgan fingerprint density at radius 2 is 1.82 bits per heavy atom. The molecular weight excluding hydrogens is 272 g/mol. The summed E-state index contributed by atoms with van der Waals surface area (Å²) >= 11 is 0. The van der Waals surface area contributed by atoms with E-state index in [1.54, 1.807) is 12.7 Å². The summed E-state index contributed by atoms with van der Waals surface area (Å²) in [6.45, 7) is 9.17. The lowest BCUT2D eigenvalue weighted by Gasteiger charge is -2.37. The van der Waals surface area contributed by atoms with Gasteiger partial charge in [-0.2, -0.15) is 0 Å². The van der Waals surface area contributed by atoms with E-state index >= 15 is 0 Å². The average Bonchev–Trinajstić information content (AvgIpc) is 2.55. The molecule has 0 unspecified atom stereocenters. The smallest absolute Gasteiger partial charge is 0.120 e. The number of piperazine rings is 1. The molecule has 1 heterocycles. The standard InChI is InChI=1S/C19H30N2O/c1-19(2)8-6-15(7-9-19)17-5-4-16(22-3)14-18(17)21-12-10-20-11-13-21/h4-5,14-15,20H,6-13H2,1-3H3. The maximum Gasteiger partial charge on any atom is 0.120 e. The number of hydrogen-bond donors (Lipinski definition) is 1. The number of methoxy groups -OCH3 is 1. The number of ether oxygens (including phenoxy) is 1. The van der Waals surface area contributed by atoms with E-state index in [0.29, 0.717) is 11.3 Å². The van der Waals surface area contributed by atoms with Crippen LogP contribution in [0.25, 0.3) is 0 Å². The molecule has 0 amide bonds. The predicted molar refractivity (Wildman–Crippen MR) is 93.1 cm³/mol. The summed E-state index contributed by atoms with van der Waals surface area (Å²) < 4.78 is 5.48. The second-order valence-electron chi connectivity index (χ2n) is 7.60. The first-order chi connectivity index (χ1) is 10.6. The Labute approximate surface area is 135 Å². The van der Waals surface area contributed by atoms with Gasteiger partial charge in [-0.05, 0) is 48.6 Å². The molecule has 22 heavy (non-hydrogen) atoms. The summed E-state index contributed by atoms with van der Waals surface area (Å²) in [5.74, 6) is 1.69. The van der Waals surface area contributed by atoms with Crippen LogP contribution in [0.1, 0.15) is 51.0 Å². The number of anilines is 1. The van der Waals surface area contributed by atoms with E-state index in [1.807, 2.05) is 0 Å². The first kappa shape index (κ1) is 15.7. The van der Waals surface area contributed by atoms with Crippen LogP contribution in [0, 0.1) is 5.41 Å². The van der Waals surface area contributed by atoms with E-state index in [9.17, 15) is 0 Å². The number of nitrogens with one attached hydrogen (secondary N) is 1. The van der Waals surface area contributed by atoms with Crippen LogP contribution in [0.3, 0.4) is 0 Å². The van der Waals surface area contributed by atoms with Crippen LogP contribution in [-0.2, 0) is 0 Å². The Morgan fingerprint density at radius 3 is 2.45 bits per heavy atom. The highest BCUT2D eigenvalue weighted by Gasteiger charge is 2.29. The molecule has 1 aliphatic heterocycles. The second-order valence-corrected chi connectivity index (χ2v) is 7.60. The lowest BCUT2D eigenvalue weighted by molar-refractivity contribution is 0.224. The van der Waals surface area contributed by atoms with Crippen LogP contribution in [0.4, 0.5) is 5.69 Å². The first-order valence-corrected chi connectivity index (χ1v) is 8.73. The van der Waals surface area contributed by atoms with Crippen molar-refractivity contribution in [3.8, 4) is 5.75 Å². The fourth-order valence-corrected chi connectivity index (χ4v) is 3.89. The Kier molecular flexibility index (Phi) is 4.62. The Balaban J connectivity index is 1.86. The molecule has 1 aromatic carbocycles. The molecule has 122 valence electrons. The van der Waals surface area contributed by atoms with E-state index in [2.05, 4.69) is 42.3 Å². The third-order valence-electron chi connectivity index (χ3n) is 5.47. The predicted octanol–water partition coefficient (Wildman–Crippen LogP) is 3.79. The fraction of sp³-hybridized carbons (Fsp3) is 0.684. The molecule has 1 saturated carbocycles. The third kappa shape index (κ3) is 3.40. The van der Waals surface area contributed by atoms with Crippen molar-refractivity contribution < 1.29 is 4.74 Å². The van der Waals surface area contributed by atoms with Gasteiger partial charge in [0, 0.05) is 37.9 Å². The molecule has 0 bridgehead atoms. The molecule has 0 atom stereocenters. The molecule has 1 N–H and O–H groups in total. The fourth-order valence-electron chi connectivity index (χ4n) is 3.89. The first-order valence-electron chi connectivity index (χ1n) is 8.73. The lowest BCUT2D eigenvalue weighted by atomic mass is 9.71. The Bertz CT molecular complexity index is 496. The molecule has 3 heteroatoms. The van der Waals surface area contributed by atoms with Gasteiger partial charge in [0.25, 0.3) is 0 Å². The molecule has 1 saturated heterocycles. The van der Waals surface area contributed by atoms with Gasteiger partial charge in [0.2, 0.25) is 0 Å². The Morgan fingerprint density at radius 1 is 1.14 bits per heavy atom. The number of rotatable bonds is 3. The molecule has 0 radical (unpaired) electrons. The van der Waals surface area contributed by atoms with Gasteiger partial charge < -0.3 is 15.0 Å². The molecular formula is C19H30N2O. The lowest BCUT2D eigenvalue weighted by Crippen LogP contribution is -2.44. The molecule has 2 fully saturated rings. The van der Waals surface area contributed by atoms with Crippen molar-refractivity contribution in [2.24, 2.45) is 5.41 Å². The van der Waals surface area contributed by atoms with Gasteiger partial charge in [0.15, 0.2) is 0 Å². The zero-order valence-electron chi connectivity index (χ0n) is 14.3. The summed E-state index contributed by atoms with van der Waals surface area (Å²) in [4.78, 5) is 2.54. The van der Waals surface area contributed by atoms with E-state index in [1.165, 1.54) is 31.4 Å². The molecule has 3 rings (SSSR count). The van der Waals surface area contributed by atoms with Crippen LogP contribution < -0.4 is 15.0 Å². The monoisotopic (exact) mass is 302 g/mol. The minimum absolute atomic E-state index is 0.526. The van der Waals surface area contributed by atoms with Crippen molar-refractivity contribution >= 4 is 5.69 Å². The van der Waals surface area contributed by atoms with Gasteiger partial charge >= 0.3 is 0 Å². The van der Waals surface area contributed by atoms with E-state index in [-0.39, 0.29) is 0 Å². The van der Waals surface area contributed by atoms with Gasteiger partial charge in [-0.25, -0.2) is 0 Å². The molecule has 1 aliphatic carbocycles. The molecule has 0 aromatic heterocycles. The van der Waals surface area contributed by atoms with E-state index < -0.39 is 0 Å². The van der Waals surface area contributed by atoms with Gasteiger partial charge in [-0.3, -0.25) is 0 Å². The van der Waals surface area contributed by atoms with Gasteiger partial charge in [0.05, 0.1) is 7.11 Å². The van der Waals surface area contributed by atoms with Crippen molar-refractivity contribution in [3.63, 3.8) is 0 Å². The minimum atomic E-state index is 0.526. The SMILES string of the molecule is COc1ccc(C2CCC(C)(C)CC2)c(N2CCNCC2)c1. The van der Waals surface area contributed by atoms with Crippen LogP contribution in [-0.4, -0.2) is 33.3 Å². The van der Waals surface area contributed by atoms with Crippen LogP contribution in [0.5, 0.6) is 5.75 Å². The number of benzene rings is 1. The molecule has 2 aliphatic rings. The van der Waals surface area contributed by atoms with Crippen molar-refractivity contribution in [1.82, 2.24) is 5.32 Å². The maximum absolute atomic E-state index is 5.48. The van der Waals surface area contributed by atoms with E-state index in [0.717, 1.165) is 31.9 Å². The number of nitrogens with zero attached hydrogens (tertiary/aromatic N) is 1. The van der Waals surface area contributed by atoms with Crippen molar-refractivity contribution in [3.05, 3.63) is 23.8 Å². The maximum atomic E-state index is 5.48. The summed E-state index contributed by atoms with van der Waals surface area (Å²) in [5, 5.41) is 3.45. The zero-order chi connectivity index (χ0) is 15.6. The Hall–Kier alpha value is -1.22. The highest BCUT2D eigenvalue weighted by molar-refractivity contribution is 5.59. The van der Waals surface area contributed by atoms with Crippen LogP contribution in [0.15, 0.2) is 18.2 Å². The topological polar surface area (TPSA) is 24.5 Å².